The second-order valence-corrected chi connectivity index (χ2v) is 8.51. The topological polar surface area (TPSA) is 60.7 Å². The van der Waals surface area contributed by atoms with Gasteiger partial charge in [0, 0.05) is 0 Å². The Morgan fingerprint density at radius 2 is 1.00 bits per heavy atom. The monoisotopic (exact) mass is 334 g/mol. The molecule has 0 heterocycles. The molecule has 0 aliphatic rings. The van der Waals surface area contributed by atoms with E-state index in [-0.39, 0.29) is 6.16 Å². The molecule has 0 aliphatic heterocycles. The average molecular weight is 334 g/mol. The van der Waals surface area contributed by atoms with Crippen LogP contribution in [0.4, 0.5) is 0 Å². The van der Waals surface area contributed by atoms with Crippen molar-refractivity contribution >= 4 is 7.94 Å². The average Bonchev–Trinajstić information content (AvgIpc) is 2.45. The quantitative estimate of drug-likeness (QED) is 0.198. The van der Waals surface area contributed by atoms with E-state index in [0.717, 1.165) is 19.3 Å². The van der Waals surface area contributed by atoms with Crippen molar-refractivity contribution < 1.29 is 14.7 Å². The first-order valence-corrected chi connectivity index (χ1v) is 11.4. The van der Waals surface area contributed by atoms with Crippen molar-refractivity contribution in [3.05, 3.63) is 12.2 Å². The van der Waals surface area contributed by atoms with Crippen LogP contribution in [0.15, 0.2) is 12.2 Å². The standard InChI is InChI=1S/C18H39O3P/c1-2-3-4-5-6-7-8-9-10-11-12-13-14-15-16-17-18-22(19,20)21/h9-10,19-22H,2-8,11-18H2,1H3/b10-9-. The molecule has 0 aromatic rings. The first-order valence-electron chi connectivity index (χ1n) is 9.38. The van der Waals surface area contributed by atoms with Crippen molar-refractivity contribution in [2.45, 2.75) is 96.8 Å². The number of hydrogen-bond acceptors (Lipinski definition) is 3. The summed E-state index contributed by atoms with van der Waals surface area (Å²) in [5, 5.41) is 0. The van der Waals surface area contributed by atoms with Crippen molar-refractivity contribution in [2.75, 3.05) is 6.16 Å². The molecule has 4 heteroatoms. The first-order chi connectivity index (χ1) is 10.6. The van der Waals surface area contributed by atoms with E-state index >= 15 is 0 Å². The number of rotatable bonds is 16. The van der Waals surface area contributed by atoms with Gasteiger partial charge in [-0.2, -0.15) is 0 Å². The first kappa shape index (κ1) is 22.1. The summed E-state index contributed by atoms with van der Waals surface area (Å²) < 4.78 is 0. The summed E-state index contributed by atoms with van der Waals surface area (Å²) in [4.78, 5) is 26.6. The molecule has 0 saturated carbocycles. The third kappa shape index (κ3) is 20.1. The molecule has 0 aromatic heterocycles. The summed E-state index contributed by atoms with van der Waals surface area (Å²) in [6, 6.07) is 0. The van der Waals surface area contributed by atoms with Crippen LogP contribution in [0.5, 0.6) is 0 Å². The van der Waals surface area contributed by atoms with Crippen LogP contribution in [0.3, 0.4) is 0 Å². The van der Waals surface area contributed by atoms with Crippen molar-refractivity contribution in [1.29, 1.82) is 0 Å². The number of unbranched alkanes of at least 4 members (excludes halogenated alkanes) is 12. The molecule has 0 atom stereocenters. The zero-order chi connectivity index (χ0) is 16.5. The Morgan fingerprint density at radius 3 is 1.45 bits per heavy atom. The van der Waals surface area contributed by atoms with E-state index in [9.17, 15) is 0 Å². The van der Waals surface area contributed by atoms with Crippen molar-refractivity contribution in [1.82, 2.24) is 0 Å². The summed E-state index contributed by atoms with van der Waals surface area (Å²) in [5.41, 5.74) is 0. The molecular formula is C18H39O3P. The SMILES string of the molecule is CCCCCCCC/C=C\CCCCCCCC[PH](O)(O)O. The molecule has 0 fully saturated rings. The van der Waals surface area contributed by atoms with Gasteiger partial charge in [0.25, 0.3) is 0 Å². The van der Waals surface area contributed by atoms with Crippen LogP contribution in [-0.4, -0.2) is 20.8 Å². The number of allylic oxidation sites excluding steroid dienone is 2. The minimum absolute atomic E-state index is 0.189. The van der Waals surface area contributed by atoms with Gasteiger partial charge in [-0.15, -0.1) is 0 Å². The normalized spacial score (nSPS) is 13.1. The Morgan fingerprint density at radius 1 is 0.591 bits per heavy atom. The molecule has 0 aromatic carbocycles. The van der Waals surface area contributed by atoms with Gasteiger partial charge in [0.1, 0.15) is 0 Å². The zero-order valence-corrected chi connectivity index (χ0v) is 15.6. The van der Waals surface area contributed by atoms with Gasteiger partial charge >= 0.3 is 98.7 Å². The van der Waals surface area contributed by atoms with Crippen LogP contribution in [0, 0.1) is 0 Å². The van der Waals surface area contributed by atoms with Gasteiger partial charge in [-0.25, -0.2) is 0 Å². The van der Waals surface area contributed by atoms with E-state index in [1.54, 1.807) is 0 Å². The third-order valence-corrected chi connectivity index (χ3v) is 5.05. The molecule has 0 amide bonds. The fraction of sp³-hybridized carbons (Fsp3) is 0.889. The molecule has 0 spiro atoms. The van der Waals surface area contributed by atoms with Crippen LogP contribution >= 0.6 is 7.94 Å². The molecule has 3 nitrogen and oxygen atoms in total. The van der Waals surface area contributed by atoms with E-state index in [1.165, 1.54) is 70.6 Å². The van der Waals surface area contributed by atoms with E-state index < -0.39 is 7.94 Å². The number of hydrogen-bond donors (Lipinski definition) is 3. The fourth-order valence-corrected chi connectivity index (χ4v) is 3.33. The van der Waals surface area contributed by atoms with Gasteiger partial charge < -0.3 is 0 Å². The van der Waals surface area contributed by atoms with E-state index in [2.05, 4.69) is 19.1 Å². The van der Waals surface area contributed by atoms with Crippen molar-refractivity contribution in [2.24, 2.45) is 0 Å². The Labute approximate surface area is 138 Å². The van der Waals surface area contributed by atoms with Gasteiger partial charge in [0.15, 0.2) is 0 Å². The molecule has 3 N–H and O–H groups in total. The maximum absolute atomic E-state index is 8.88. The van der Waals surface area contributed by atoms with E-state index in [0.29, 0.717) is 0 Å². The Kier molecular flexibility index (Phi) is 16.0. The summed E-state index contributed by atoms with van der Waals surface area (Å²) in [6.45, 7) is 2.26. The van der Waals surface area contributed by atoms with Crippen molar-refractivity contribution in [3.8, 4) is 0 Å². The van der Waals surface area contributed by atoms with Crippen LogP contribution in [-0.2, 0) is 0 Å². The molecule has 0 saturated heterocycles. The molecule has 22 heavy (non-hydrogen) atoms. The van der Waals surface area contributed by atoms with Gasteiger partial charge in [-0.3, -0.25) is 0 Å². The summed E-state index contributed by atoms with van der Waals surface area (Å²) in [5.74, 6) is 0. The van der Waals surface area contributed by atoms with E-state index in [1.807, 2.05) is 0 Å². The van der Waals surface area contributed by atoms with Crippen LogP contribution in [0.2, 0.25) is 0 Å². The summed E-state index contributed by atoms with van der Waals surface area (Å²) in [6.07, 6.45) is 22.1. The van der Waals surface area contributed by atoms with Gasteiger partial charge in [-0.05, 0) is 0 Å². The molecule has 134 valence electrons. The van der Waals surface area contributed by atoms with Crippen LogP contribution in [0.1, 0.15) is 96.8 Å². The molecule has 0 bridgehead atoms. The minimum atomic E-state index is -3.77. The second kappa shape index (κ2) is 15.9. The summed E-state index contributed by atoms with van der Waals surface area (Å²) >= 11 is 0. The maximum atomic E-state index is 8.88. The molecule has 0 unspecified atom stereocenters. The molecule has 0 radical (unpaired) electrons. The summed E-state index contributed by atoms with van der Waals surface area (Å²) in [7, 11) is -3.77. The Hall–Kier alpha value is 0.0500. The molecule has 0 rings (SSSR count). The van der Waals surface area contributed by atoms with Gasteiger partial charge in [-0.1, -0.05) is 39.0 Å². The Balaban J connectivity index is 3.11. The molecule has 0 aliphatic carbocycles. The van der Waals surface area contributed by atoms with Gasteiger partial charge in [0.2, 0.25) is 0 Å². The zero-order valence-electron chi connectivity index (χ0n) is 14.6. The molecular weight excluding hydrogens is 295 g/mol. The second-order valence-electron chi connectivity index (χ2n) is 6.46. The van der Waals surface area contributed by atoms with Crippen LogP contribution < -0.4 is 0 Å². The predicted octanol–water partition coefficient (Wildman–Crippen LogP) is 5.50. The van der Waals surface area contributed by atoms with E-state index in [4.69, 9.17) is 14.7 Å². The third-order valence-electron chi connectivity index (χ3n) is 4.02. The fourth-order valence-electron chi connectivity index (χ4n) is 2.61. The van der Waals surface area contributed by atoms with Gasteiger partial charge in [0.05, 0.1) is 0 Å². The van der Waals surface area contributed by atoms with Crippen LogP contribution in [0.25, 0.3) is 0 Å². The Bertz CT molecular complexity index is 249. The predicted molar refractivity (Wildman–Crippen MR) is 99.3 cm³/mol. The van der Waals surface area contributed by atoms with Crippen molar-refractivity contribution in [3.63, 3.8) is 0 Å².